The summed E-state index contributed by atoms with van der Waals surface area (Å²) >= 11 is 0. The van der Waals surface area contributed by atoms with E-state index in [-0.39, 0.29) is 5.41 Å². The predicted molar refractivity (Wildman–Crippen MR) is 67.9 cm³/mol. The molecule has 0 aliphatic carbocycles. The van der Waals surface area contributed by atoms with Gasteiger partial charge in [0.1, 0.15) is 5.82 Å². The SMILES string of the molecule is CCOCCNc1ccc(C(C)(C)C)cn1. The smallest absolute Gasteiger partial charge is 0.125 e. The van der Waals surface area contributed by atoms with Crippen LogP contribution in [-0.2, 0) is 10.2 Å². The Bertz CT molecular complexity index is 301. The molecule has 0 amide bonds. The van der Waals surface area contributed by atoms with Gasteiger partial charge in [0.25, 0.3) is 0 Å². The zero-order valence-corrected chi connectivity index (χ0v) is 10.7. The molecule has 0 aliphatic heterocycles. The molecule has 3 heteroatoms. The van der Waals surface area contributed by atoms with Gasteiger partial charge in [-0.25, -0.2) is 4.98 Å². The molecule has 0 spiro atoms. The highest BCUT2D eigenvalue weighted by molar-refractivity contribution is 5.36. The lowest BCUT2D eigenvalue weighted by Crippen LogP contribution is -2.13. The molecule has 0 aliphatic rings. The summed E-state index contributed by atoms with van der Waals surface area (Å²) in [4.78, 5) is 4.38. The minimum atomic E-state index is 0.164. The van der Waals surface area contributed by atoms with Crippen LogP contribution in [0.15, 0.2) is 18.3 Å². The van der Waals surface area contributed by atoms with Crippen LogP contribution in [0.4, 0.5) is 5.82 Å². The first-order valence-corrected chi connectivity index (χ1v) is 5.82. The van der Waals surface area contributed by atoms with Crippen LogP contribution in [0.25, 0.3) is 0 Å². The number of nitrogens with one attached hydrogen (secondary N) is 1. The minimum absolute atomic E-state index is 0.164. The Hall–Kier alpha value is -1.09. The molecule has 0 radical (unpaired) electrons. The van der Waals surface area contributed by atoms with E-state index < -0.39 is 0 Å². The largest absolute Gasteiger partial charge is 0.380 e. The summed E-state index contributed by atoms with van der Waals surface area (Å²) < 4.78 is 5.24. The standard InChI is InChI=1S/C13H22N2O/c1-5-16-9-8-14-12-7-6-11(10-15-12)13(2,3)4/h6-7,10H,5,8-9H2,1-4H3,(H,14,15). The Labute approximate surface area is 98.2 Å². The van der Waals surface area contributed by atoms with E-state index in [1.165, 1.54) is 5.56 Å². The number of hydrogen-bond donors (Lipinski definition) is 1. The van der Waals surface area contributed by atoms with Crippen LogP contribution < -0.4 is 5.32 Å². The quantitative estimate of drug-likeness (QED) is 0.778. The van der Waals surface area contributed by atoms with E-state index in [0.717, 1.165) is 25.6 Å². The Balaban J connectivity index is 2.46. The van der Waals surface area contributed by atoms with Crippen molar-refractivity contribution in [2.75, 3.05) is 25.1 Å². The molecule has 0 saturated carbocycles. The fraction of sp³-hybridized carbons (Fsp3) is 0.615. The highest BCUT2D eigenvalue weighted by atomic mass is 16.5. The Morgan fingerprint density at radius 2 is 2.06 bits per heavy atom. The van der Waals surface area contributed by atoms with Crippen LogP contribution >= 0.6 is 0 Å². The highest BCUT2D eigenvalue weighted by Gasteiger charge is 2.13. The van der Waals surface area contributed by atoms with Crippen LogP contribution in [0.3, 0.4) is 0 Å². The molecule has 0 bridgehead atoms. The van der Waals surface area contributed by atoms with E-state index in [2.05, 4.69) is 37.1 Å². The maximum absolute atomic E-state index is 5.24. The maximum atomic E-state index is 5.24. The third-order valence-electron chi connectivity index (χ3n) is 2.39. The zero-order chi connectivity index (χ0) is 12.0. The fourth-order valence-corrected chi connectivity index (χ4v) is 1.34. The number of hydrogen-bond acceptors (Lipinski definition) is 3. The summed E-state index contributed by atoms with van der Waals surface area (Å²) in [6.07, 6.45) is 1.93. The molecule has 0 saturated heterocycles. The maximum Gasteiger partial charge on any atom is 0.125 e. The average Bonchev–Trinajstić information content (AvgIpc) is 2.24. The first-order valence-electron chi connectivity index (χ1n) is 5.82. The second-order valence-electron chi connectivity index (χ2n) is 4.81. The molecular formula is C13H22N2O. The van der Waals surface area contributed by atoms with Gasteiger partial charge in [-0.15, -0.1) is 0 Å². The molecule has 0 aromatic carbocycles. The molecule has 1 rings (SSSR count). The first kappa shape index (κ1) is 13.0. The van der Waals surface area contributed by atoms with Crippen LogP contribution in [0.2, 0.25) is 0 Å². The molecule has 3 nitrogen and oxygen atoms in total. The topological polar surface area (TPSA) is 34.1 Å². The van der Waals surface area contributed by atoms with Crippen molar-refractivity contribution in [2.45, 2.75) is 33.1 Å². The van der Waals surface area contributed by atoms with Gasteiger partial charge < -0.3 is 10.1 Å². The third kappa shape index (κ3) is 4.19. The molecule has 0 unspecified atom stereocenters. The number of pyridine rings is 1. The van der Waals surface area contributed by atoms with E-state index in [0.29, 0.717) is 0 Å². The monoisotopic (exact) mass is 222 g/mol. The Morgan fingerprint density at radius 1 is 1.31 bits per heavy atom. The average molecular weight is 222 g/mol. The van der Waals surface area contributed by atoms with Gasteiger partial charge in [0.15, 0.2) is 0 Å². The Kier molecular flexibility index (Phi) is 4.74. The fourth-order valence-electron chi connectivity index (χ4n) is 1.34. The molecule has 1 N–H and O–H groups in total. The molecule has 1 aromatic rings. The summed E-state index contributed by atoms with van der Waals surface area (Å²) in [5.41, 5.74) is 1.42. The van der Waals surface area contributed by atoms with Gasteiger partial charge in [-0.2, -0.15) is 0 Å². The molecule has 0 fully saturated rings. The minimum Gasteiger partial charge on any atom is -0.380 e. The Morgan fingerprint density at radius 3 is 2.56 bits per heavy atom. The first-order chi connectivity index (χ1) is 7.54. The number of ether oxygens (including phenoxy) is 1. The summed E-state index contributed by atoms with van der Waals surface area (Å²) in [6.45, 7) is 10.8. The van der Waals surface area contributed by atoms with E-state index in [4.69, 9.17) is 4.74 Å². The van der Waals surface area contributed by atoms with Crippen molar-refractivity contribution in [1.82, 2.24) is 4.98 Å². The summed E-state index contributed by atoms with van der Waals surface area (Å²) in [5, 5.41) is 3.22. The van der Waals surface area contributed by atoms with Crippen LogP contribution in [0, 0.1) is 0 Å². The number of rotatable bonds is 5. The van der Waals surface area contributed by atoms with Crippen molar-refractivity contribution < 1.29 is 4.74 Å². The second kappa shape index (κ2) is 5.85. The van der Waals surface area contributed by atoms with Crippen molar-refractivity contribution in [3.05, 3.63) is 23.9 Å². The van der Waals surface area contributed by atoms with Gasteiger partial charge in [-0.05, 0) is 24.0 Å². The lowest BCUT2D eigenvalue weighted by Gasteiger charge is -2.18. The number of aromatic nitrogens is 1. The van der Waals surface area contributed by atoms with Crippen molar-refractivity contribution >= 4 is 5.82 Å². The van der Waals surface area contributed by atoms with E-state index in [1.807, 2.05) is 19.2 Å². The van der Waals surface area contributed by atoms with Gasteiger partial charge in [-0.3, -0.25) is 0 Å². The van der Waals surface area contributed by atoms with Crippen molar-refractivity contribution in [1.29, 1.82) is 0 Å². The van der Waals surface area contributed by atoms with Gasteiger partial charge in [0.2, 0.25) is 0 Å². The van der Waals surface area contributed by atoms with E-state index >= 15 is 0 Å². The van der Waals surface area contributed by atoms with Crippen LogP contribution in [-0.4, -0.2) is 24.7 Å². The molecule has 16 heavy (non-hydrogen) atoms. The van der Waals surface area contributed by atoms with Gasteiger partial charge in [-0.1, -0.05) is 26.8 Å². The lowest BCUT2D eigenvalue weighted by atomic mass is 9.88. The lowest BCUT2D eigenvalue weighted by molar-refractivity contribution is 0.158. The van der Waals surface area contributed by atoms with E-state index in [9.17, 15) is 0 Å². The van der Waals surface area contributed by atoms with Crippen molar-refractivity contribution in [3.8, 4) is 0 Å². The molecule has 90 valence electrons. The van der Waals surface area contributed by atoms with E-state index in [1.54, 1.807) is 0 Å². The second-order valence-corrected chi connectivity index (χ2v) is 4.81. The zero-order valence-electron chi connectivity index (χ0n) is 10.7. The van der Waals surface area contributed by atoms with Gasteiger partial charge in [0, 0.05) is 19.3 Å². The summed E-state index contributed by atoms with van der Waals surface area (Å²) in [7, 11) is 0. The highest BCUT2D eigenvalue weighted by Crippen LogP contribution is 2.21. The van der Waals surface area contributed by atoms with Gasteiger partial charge >= 0.3 is 0 Å². The van der Waals surface area contributed by atoms with Crippen LogP contribution in [0.1, 0.15) is 33.3 Å². The number of anilines is 1. The predicted octanol–water partition coefficient (Wildman–Crippen LogP) is 2.83. The van der Waals surface area contributed by atoms with Crippen molar-refractivity contribution in [2.24, 2.45) is 0 Å². The summed E-state index contributed by atoms with van der Waals surface area (Å²) in [5.74, 6) is 0.910. The molecule has 0 atom stereocenters. The van der Waals surface area contributed by atoms with Crippen molar-refractivity contribution in [3.63, 3.8) is 0 Å². The van der Waals surface area contributed by atoms with Gasteiger partial charge in [0.05, 0.1) is 6.61 Å². The molecular weight excluding hydrogens is 200 g/mol. The summed E-state index contributed by atoms with van der Waals surface area (Å²) in [6, 6.07) is 4.14. The van der Waals surface area contributed by atoms with Crippen LogP contribution in [0.5, 0.6) is 0 Å². The molecule has 1 aromatic heterocycles. The normalized spacial score (nSPS) is 11.5. The number of nitrogens with zero attached hydrogens (tertiary/aromatic N) is 1. The molecule has 1 heterocycles. The third-order valence-corrected chi connectivity index (χ3v) is 2.39.